The van der Waals surface area contributed by atoms with E-state index in [4.69, 9.17) is 0 Å². The minimum atomic E-state index is 0.216. The molecule has 84 valence electrons. The zero-order valence-corrected chi connectivity index (χ0v) is 9.46. The van der Waals surface area contributed by atoms with Crippen LogP contribution in [0.2, 0.25) is 0 Å². The molecule has 0 unspecified atom stereocenters. The smallest absolute Gasteiger partial charge is 0.163 e. The molecule has 1 aliphatic rings. The van der Waals surface area contributed by atoms with Gasteiger partial charge in [-0.1, -0.05) is 18.2 Å². The van der Waals surface area contributed by atoms with Crippen molar-refractivity contribution in [2.45, 2.75) is 25.8 Å². The van der Waals surface area contributed by atoms with Gasteiger partial charge in [-0.2, -0.15) is 0 Å². The molecule has 0 aromatic heterocycles. The number of benzene rings is 1. The Kier molecular flexibility index (Phi) is 3.52. The lowest BCUT2D eigenvalue weighted by atomic mass is 9.96. The lowest BCUT2D eigenvalue weighted by Gasteiger charge is -2.17. The largest absolute Gasteiger partial charge is 0.312 e. The summed E-state index contributed by atoms with van der Waals surface area (Å²) in [5.74, 6) is 0.216. The molecule has 0 amide bonds. The predicted octanol–water partition coefficient (Wildman–Crippen LogP) is 2.48. The van der Waals surface area contributed by atoms with Crippen LogP contribution >= 0.6 is 0 Å². The molecule has 2 heteroatoms. The number of Topliss-reactive ketones (excluding diaryl/α,β-unsaturated/α-hetero) is 1. The maximum absolute atomic E-state index is 11.8. The molecular formula is C14H17NO. The van der Waals surface area contributed by atoms with Crippen LogP contribution in [0.1, 0.15) is 34.3 Å². The maximum Gasteiger partial charge on any atom is 0.163 e. The van der Waals surface area contributed by atoms with Gasteiger partial charge in [-0.25, -0.2) is 0 Å². The molecule has 1 heterocycles. The van der Waals surface area contributed by atoms with Gasteiger partial charge in [-0.05, 0) is 36.6 Å². The second kappa shape index (κ2) is 5.08. The summed E-state index contributed by atoms with van der Waals surface area (Å²) in [5, 5.41) is 3.32. The van der Waals surface area contributed by atoms with Crippen LogP contribution < -0.4 is 5.32 Å². The van der Waals surface area contributed by atoms with E-state index in [1.54, 1.807) is 6.08 Å². The number of hydrogen-bond donors (Lipinski definition) is 1. The Morgan fingerprint density at radius 2 is 2.31 bits per heavy atom. The summed E-state index contributed by atoms with van der Waals surface area (Å²) < 4.78 is 0. The minimum Gasteiger partial charge on any atom is -0.312 e. The van der Waals surface area contributed by atoms with Crippen LogP contribution in [0, 0.1) is 0 Å². The number of ketones is 1. The molecule has 0 atom stereocenters. The summed E-state index contributed by atoms with van der Waals surface area (Å²) in [6.07, 6.45) is 4.18. The number of nitrogens with one attached hydrogen (secondary N) is 1. The zero-order chi connectivity index (χ0) is 11.4. The molecule has 2 nitrogen and oxygen atoms in total. The van der Waals surface area contributed by atoms with Crippen LogP contribution in [0.4, 0.5) is 0 Å². The number of fused-ring (bicyclic) bond motifs is 1. The van der Waals surface area contributed by atoms with Gasteiger partial charge in [-0.15, -0.1) is 6.58 Å². The third-order valence-corrected chi connectivity index (χ3v) is 2.99. The van der Waals surface area contributed by atoms with E-state index in [1.807, 2.05) is 12.1 Å². The lowest BCUT2D eigenvalue weighted by molar-refractivity contribution is 0.0983. The maximum atomic E-state index is 11.8. The minimum absolute atomic E-state index is 0.216. The van der Waals surface area contributed by atoms with Gasteiger partial charge in [0, 0.05) is 18.5 Å². The third kappa shape index (κ3) is 2.39. The molecular weight excluding hydrogens is 198 g/mol. The fourth-order valence-corrected chi connectivity index (χ4v) is 2.03. The number of carbonyl (C=O) groups excluding carboxylic acids is 1. The van der Waals surface area contributed by atoms with Crippen molar-refractivity contribution < 1.29 is 4.79 Å². The molecule has 1 aromatic rings. The van der Waals surface area contributed by atoms with Crippen molar-refractivity contribution in [2.75, 3.05) is 6.54 Å². The van der Waals surface area contributed by atoms with E-state index in [1.165, 1.54) is 11.1 Å². The molecule has 0 bridgehead atoms. The Hall–Kier alpha value is -1.41. The highest BCUT2D eigenvalue weighted by molar-refractivity contribution is 5.96. The highest BCUT2D eigenvalue weighted by Crippen LogP contribution is 2.17. The summed E-state index contributed by atoms with van der Waals surface area (Å²) in [4.78, 5) is 11.8. The van der Waals surface area contributed by atoms with Crippen molar-refractivity contribution in [3.63, 3.8) is 0 Å². The zero-order valence-electron chi connectivity index (χ0n) is 9.46. The van der Waals surface area contributed by atoms with Crippen molar-refractivity contribution in [1.29, 1.82) is 0 Å². The quantitative estimate of drug-likeness (QED) is 0.617. The van der Waals surface area contributed by atoms with E-state index in [9.17, 15) is 4.79 Å². The first-order chi connectivity index (χ1) is 7.81. The van der Waals surface area contributed by atoms with Gasteiger partial charge in [0.05, 0.1) is 0 Å². The van der Waals surface area contributed by atoms with Gasteiger partial charge in [0.25, 0.3) is 0 Å². The fourth-order valence-electron chi connectivity index (χ4n) is 2.03. The first-order valence-corrected chi connectivity index (χ1v) is 5.78. The van der Waals surface area contributed by atoms with Crippen LogP contribution in [-0.4, -0.2) is 12.3 Å². The van der Waals surface area contributed by atoms with Crippen LogP contribution in [-0.2, 0) is 13.0 Å². The Bertz CT molecular complexity index is 409. The summed E-state index contributed by atoms with van der Waals surface area (Å²) in [7, 11) is 0. The van der Waals surface area contributed by atoms with Crippen molar-refractivity contribution in [3.05, 3.63) is 47.5 Å². The molecule has 0 saturated heterocycles. The van der Waals surface area contributed by atoms with Gasteiger partial charge < -0.3 is 5.32 Å². The highest BCUT2D eigenvalue weighted by Gasteiger charge is 2.11. The van der Waals surface area contributed by atoms with Gasteiger partial charge in [0.15, 0.2) is 5.78 Å². The number of allylic oxidation sites excluding steroid dienone is 1. The van der Waals surface area contributed by atoms with Gasteiger partial charge in [-0.3, -0.25) is 4.79 Å². The van der Waals surface area contributed by atoms with Crippen LogP contribution in [0.3, 0.4) is 0 Å². The van der Waals surface area contributed by atoms with E-state index >= 15 is 0 Å². The SMILES string of the molecule is C=CCCC(=O)c1ccc2c(c1)CNCC2. The van der Waals surface area contributed by atoms with Gasteiger partial charge in [0.1, 0.15) is 0 Å². The van der Waals surface area contributed by atoms with Crippen molar-refractivity contribution in [1.82, 2.24) is 5.32 Å². The molecule has 0 aliphatic carbocycles. The van der Waals surface area contributed by atoms with Gasteiger partial charge >= 0.3 is 0 Å². The first kappa shape index (κ1) is 11.1. The van der Waals surface area contributed by atoms with E-state index in [-0.39, 0.29) is 5.78 Å². The lowest BCUT2D eigenvalue weighted by Crippen LogP contribution is -2.23. The molecule has 0 radical (unpaired) electrons. The Morgan fingerprint density at radius 1 is 1.44 bits per heavy atom. The van der Waals surface area contributed by atoms with Crippen LogP contribution in [0.5, 0.6) is 0 Å². The second-order valence-corrected chi connectivity index (χ2v) is 4.16. The summed E-state index contributed by atoms with van der Waals surface area (Å²) >= 11 is 0. The molecule has 0 fully saturated rings. The predicted molar refractivity (Wildman–Crippen MR) is 65.6 cm³/mol. The van der Waals surface area contributed by atoms with Crippen molar-refractivity contribution in [3.8, 4) is 0 Å². The molecule has 0 spiro atoms. The summed E-state index contributed by atoms with van der Waals surface area (Å²) in [6, 6.07) is 6.08. The molecule has 1 aliphatic heterocycles. The summed E-state index contributed by atoms with van der Waals surface area (Å²) in [6.45, 7) is 5.56. The molecule has 1 N–H and O–H groups in total. The van der Waals surface area contributed by atoms with Crippen molar-refractivity contribution in [2.24, 2.45) is 0 Å². The normalized spacial score (nSPS) is 14.2. The first-order valence-electron chi connectivity index (χ1n) is 5.78. The third-order valence-electron chi connectivity index (χ3n) is 2.99. The van der Waals surface area contributed by atoms with E-state index < -0.39 is 0 Å². The monoisotopic (exact) mass is 215 g/mol. The number of carbonyl (C=O) groups is 1. The van der Waals surface area contributed by atoms with Gasteiger partial charge in [0.2, 0.25) is 0 Å². The summed E-state index contributed by atoms with van der Waals surface area (Å²) in [5.41, 5.74) is 3.49. The Morgan fingerprint density at radius 3 is 3.12 bits per heavy atom. The van der Waals surface area contributed by atoms with Crippen molar-refractivity contribution >= 4 is 5.78 Å². The highest BCUT2D eigenvalue weighted by atomic mass is 16.1. The average Bonchev–Trinajstić information content (AvgIpc) is 2.35. The second-order valence-electron chi connectivity index (χ2n) is 4.16. The van der Waals surface area contributed by atoms with Crippen LogP contribution in [0.25, 0.3) is 0 Å². The van der Waals surface area contributed by atoms with Crippen LogP contribution in [0.15, 0.2) is 30.9 Å². The van der Waals surface area contributed by atoms with E-state index in [0.29, 0.717) is 6.42 Å². The molecule has 1 aromatic carbocycles. The Labute approximate surface area is 96.4 Å². The Balaban J connectivity index is 2.16. The molecule has 0 saturated carbocycles. The van der Waals surface area contributed by atoms with E-state index in [2.05, 4.69) is 18.0 Å². The topological polar surface area (TPSA) is 29.1 Å². The average molecular weight is 215 g/mol. The standard InChI is InChI=1S/C14H17NO/c1-2-3-4-14(16)12-6-5-11-7-8-15-10-13(11)9-12/h2,5-6,9,15H,1,3-4,7-8,10H2. The fraction of sp³-hybridized carbons (Fsp3) is 0.357. The number of rotatable bonds is 4. The van der Waals surface area contributed by atoms with E-state index in [0.717, 1.165) is 31.5 Å². The molecule has 2 rings (SSSR count). The number of hydrogen-bond acceptors (Lipinski definition) is 2. The molecule has 16 heavy (non-hydrogen) atoms.